The first kappa shape index (κ1) is 22.6. The molecule has 186 valence electrons. The van der Waals surface area contributed by atoms with Crippen LogP contribution in [0, 0.1) is 0 Å². The van der Waals surface area contributed by atoms with Crippen molar-refractivity contribution < 1.29 is 24.1 Å². The number of carbonyl (C=O) groups excluding carboxylic acids is 1. The summed E-state index contributed by atoms with van der Waals surface area (Å²) in [6.07, 6.45) is 5.26. The molecule has 5 aliphatic rings. The first-order valence-electron chi connectivity index (χ1n) is 12.9. The summed E-state index contributed by atoms with van der Waals surface area (Å²) in [5.41, 5.74) is 1.23. The van der Waals surface area contributed by atoms with Crippen molar-refractivity contribution in [3.8, 4) is 11.5 Å². The first-order valence-corrected chi connectivity index (χ1v) is 12.9. The van der Waals surface area contributed by atoms with Crippen LogP contribution in [-0.4, -0.2) is 83.6 Å². The summed E-state index contributed by atoms with van der Waals surface area (Å²) < 4.78 is 19.2. The fraction of sp³-hybridized carbons (Fsp3) is 0.741. The van der Waals surface area contributed by atoms with Gasteiger partial charge < -0.3 is 24.2 Å². The molecule has 1 spiro atoms. The number of likely N-dealkylation sites (tertiary alicyclic amines) is 2. The number of piperidine rings is 1. The predicted octanol–water partition coefficient (Wildman–Crippen LogP) is 3.00. The summed E-state index contributed by atoms with van der Waals surface area (Å²) >= 11 is 0. The lowest BCUT2D eigenvalue weighted by Gasteiger charge is -2.66. The predicted molar refractivity (Wildman–Crippen MR) is 127 cm³/mol. The second-order valence-corrected chi connectivity index (χ2v) is 12.0. The number of hydrogen-bond donors (Lipinski definition) is 1. The highest BCUT2D eigenvalue weighted by Crippen LogP contribution is 2.66. The number of phenolic OH excluding ortho intramolecular Hbond substituents is 1. The number of hydrogen-bond acceptors (Lipinski definition) is 7. The molecule has 0 aromatic heterocycles. The zero-order valence-electron chi connectivity index (χ0n) is 21.1. The van der Waals surface area contributed by atoms with Crippen LogP contribution in [0.4, 0.5) is 0 Å². The van der Waals surface area contributed by atoms with Gasteiger partial charge in [-0.25, -0.2) is 0 Å². The fourth-order valence-corrected chi connectivity index (χ4v) is 8.26. The van der Waals surface area contributed by atoms with Crippen LogP contribution in [0.25, 0.3) is 0 Å². The molecule has 0 radical (unpaired) electrons. The van der Waals surface area contributed by atoms with Gasteiger partial charge in [0.2, 0.25) is 0 Å². The maximum atomic E-state index is 13.2. The maximum absolute atomic E-state index is 13.2. The number of rotatable bonds is 3. The number of methoxy groups -OCH3 is 1. The Bertz CT molecular complexity index is 1020. The van der Waals surface area contributed by atoms with E-state index in [4.69, 9.17) is 14.2 Å². The highest BCUT2D eigenvalue weighted by atomic mass is 16.6. The number of aromatic hydroxyl groups is 1. The molecule has 2 aliphatic carbocycles. The zero-order chi connectivity index (χ0) is 24.0. The summed E-state index contributed by atoms with van der Waals surface area (Å²) in [7, 11) is 4.07. The molecule has 34 heavy (non-hydrogen) atoms. The van der Waals surface area contributed by atoms with E-state index in [9.17, 15) is 9.90 Å². The third-order valence-electron chi connectivity index (χ3n) is 9.42. The van der Waals surface area contributed by atoms with Crippen molar-refractivity contribution in [2.75, 3.05) is 27.2 Å². The molecule has 3 aliphatic heterocycles. The summed E-state index contributed by atoms with van der Waals surface area (Å²) in [6, 6.07) is 3.95. The summed E-state index contributed by atoms with van der Waals surface area (Å²) in [5.74, 6) is 0.732. The van der Waals surface area contributed by atoms with Crippen LogP contribution in [0.1, 0.15) is 64.0 Å². The van der Waals surface area contributed by atoms with Crippen LogP contribution in [0.15, 0.2) is 12.1 Å². The summed E-state index contributed by atoms with van der Waals surface area (Å²) in [6.45, 7) is 7.62. The van der Waals surface area contributed by atoms with Gasteiger partial charge in [-0.15, -0.1) is 0 Å². The maximum Gasteiger partial charge on any atom is 0.323 e. The highest BCUT2D eigenvalue weighted by Gasteiger charge is 2.74. The van der Waals surface area contributed by atoms with Crippen molar-refractivity contribution in [1.29, 1.82) is 0 Å². The van der Waals surface area contributed by atoms with Crippen LogP contribution < -0.4 is 4.74 Å². The van der Waals surface area contributed by atoms with E-state index in [1.54, 1.807) is 6.07 Å². The van der Waals surface area contributed by atoms with Gasteiger partial charge in [-0.3, -0.25) is 9.69 Å². The molecule has 2 saturated heterocycles. The van der Waals surface area contributed by atoms with Gasteiger partial charge >= 0.3 is 5.97 Å². The van der Waals surface area contributed by atoms with Crippen molar-refractivity contribution in [2.45, 2.75) is 100 Å². The monoisotopic (exact) mass is 470 g/mol. The molecular weight excluding hydrogens is 432 g/mol. The molecule has 7 heteroatoms. The number of ether oxygens (including phenoxy) is 3. The number of phenols is 1. The van der Waals surface area contributed by atoms with E-state index in [0.717, 1.165) is 51.6 Å². The van der Waals surface area contributed by atoms with E-state index in [0.29, 0.717) is 5.75 Å². The molecule has 7 nitrogen and oxygen atoms in total. The molecule has 1 N–H and O–H groups in total. The van der Waals surface area contributed by atoms with Gasteiger partial charge in [0, 0.05) is 24.8 Å². The number of likely N-dealkylation sites (N-methyl/N-ethyl adjacent to an activating group) is 1. The Morgan fingerprint density at radius 1 is 1.21 bits per heavy atom. The Kier molecular flexibility index (Phi) is 4.88. The molecule has 2 bridgehead atoms. The molecule has 6 atom stereocenters. The number of carbonyl (C=O) groups is 1. The minimum absolute atomic E-state index is 0.0742. The highest BCUT2D eigenvalue weighted by molar-refractivity contribution is 5.76. The third-order valence-corrected chi connectivity index (χ3v) is 9.42. The molecular formula is C27H38N2O5. The molecule has 3 fully saturated rings. The SMILES string of the molecule is CO[C@@]12CC[C@@H](N3CCC[C@H]3C(=O)OC(C)(C)C)[C@@H]3Oc4c(O)ccc5c4C31CCN(C)C2C5. The second kappa shape index (κ2) is 7.34. The topological polar surface area (TPSA) is 71.5 Å². The van der Waals surface area contributed by atoms with Crippen LogP contribution >= 0.6 is 0 Å². The number of nitrogens with zero attached hydrogens (tertiary/aromatic N) is 2. The van der Waals surface area contributed by atoms with Crippen molar-refractivity contribution in [2.24, 2.45) is 0 Å². The molecule has 0 amide bonds. The quantitative estimate of drug-likeness (QED) is 0.681. The Morgan fingerprint density at radius 3 is 2.74 bits per heavy atom. The molecule has 1 aromatic rings. The van der Waals surface area contributed by atoms with Crippen LogP contribution in [0.2, 0.25) is 0 Å². The zero-order valence-corrected chi connectivity index (χ0v) is 21.1. The summed E-state index contributed by atoms with van der Waals surface area (Å²) in [5, 5.41) is 10.9. The first-order chi connectivity index (χ1) is 16.1. The van der Waals surface area contributed by atoms with E-state index >= 15 is 0 Å². The van der Waals surface area contributed by atoms with Gasteiger partial charge in [-0.1, -0.05) is 6.07 Å². The molecule has 2 unspecified atom stereocenters. The lowest BCUT2D eigenvalue weighted by molar-refractivity contribution is -0.213. The van der Waals surface area contributed by atoms with Crippen LogP contribution in [0.3, 0.4) is 0 Å². The van der Waals surface area contributed by atoms with Gasteiger partial charge in [0.15, 0.2) is 11.5 Å². The van der Waals surface area contributed by atoms with E-state index < -0.39 is 5.60 Å². The number of benzene rings is 1. The normalized spacial score (nSPS) is 39.0. The molecule has 3 heterocycles. The van der Waals surface area contributed by atoms with Crippen molar-refractivity contribution in [3.05, 3.63) is 23.3 Å². The van der Waals surface area contributed by atoms with E-state index in [1.165, 1.54) is 11.1 Å². The van der Waals surface area contributed by atoms with Crippen LogP contribution in [0.5, 0.6) is 11.5 Å². The average Bonchev–Trinajstić information content (AvgIpc) is 3.39. The lowest BCUT2D eigenvalue weighted by atomic mass is 9.48. The Hall–Kier alpha value is -1.83. The van der Waals surface area contributed by atoms with Gasteiger partial charge in [-0.2, -0.15) is 0 Å². The van der Waals surface area contributed by atoms with Crippen molar-refractivity contribution >= 4 is 5.97 Å². The minimum Gasteiger partial charge on any atom is -0.504 e. The van der Waals surface area contributed by atoms with Gasteiger partial charge in [0.05, 0.1) is 11.0 Å². The van der Waals surface area contributed by atoms with E-state index in [2.05, 4.69) is 22.9 Å². The Balaban J connectivity index is 1.45. The lowest BCUT2D eigenvalue weighted by Crippen LogP contribution is -2.78. The molecule has 1 saturated carbocycles. The second-order valence-electron chi connectivity index (χ2n) is 12.0. The largest absolute Gasteiger partial charge is 0.504 e. The van der Waals surface area contributed by atoms with E-state index in [1.807, 2.05) is 27.9 Å². The minimum atomic E-state index is -0.507. The number of esters is 1. The Labute approximate surface area is 202 Å². The third kappa shape index (κ3) is 2.78. The van der Waals surface area contributed by atoms with Gasteiger partial charge in [0.1, 0.15) is 17.7 Å². The van der Waals surface area contributed by atoms with Gasteiger partial charge in [-0.05, 0) is 91.1 Å². The Morgan fingerprint density at radius 2 is 2.00 bits per heavy atom. The summed E-state index contributed by atoms with van der Waals surface area (Å²) in [4.78, 5) is 18.0. The van der Waals surface area contributed by atoms with Crippen LogP contribution in [-0.2, 0) is 26.1 Å². The average molecular weight is 471 g/mol. The fourth-order valence-electron chi connectivity index (χ4n) is 8.26. The van der Waals surface area contributed by atoms with Crippen molar-refractivity contribution in [1.82, 2.24) is 9.80 Å². The van der Waals surface area contributed by atoms with Crippen molar-refractivity contribution in [3.63, 3.8) is 0 Å². The smallest absolute Gasteiger partial charge is 0.323 e. The molecule has 1 aromatic carbocycles. The van der Waals surface area contributed by atoms with E-state index in [-0.39, 0.29) is 47.0 Å². The molecule has 6 rings (SSSR count). The van der Waals surface area contributed by atoms with Gasteiger partial charge in [0.25, 0.3) is 0 Å². The standard InChI is InChI=1S/C27H38N2O5/c1-25(2,3)34-24(31)18-7-6-13-29(18)17-10-11-27(32-5)20-15-16-8-9-19(30)22-21(16)26(27,23(17)33-22)12-14-28(20)4/h8-9,17-18,20,23,30H,6-7,10-15H2,1-5H3/t17-,18+,20?,23+,26?,27-/m1/s1.